The van der Waals surface area contributed by atoms with E-state index in [0.29, 0.717) is 18.2 Å². The van der Waals surface area contributed by atoms with Crippen LogP contribution in [-0.2, 0) is 4.79 Å². The quantitative estimate of drug-likeness (QED) is 0.798. The maximum absolute atomic E-state index is 12.1. The molecule has 0 radical (unpaired) electrons. The number of nitrogens with one attached hydrogen (secondary N) is 1. The lowest BCUT2D eigenvalue weighted by atomic mass is 10.1. The Labute approximate surface area is 152 Å². The number of amides is 1. The molecule has 0 aliphatic carbocycles. The van der Waals surface area contributed by atoms with Crippen LogP contribution < -0.4 is 5.32 Å². The molecule has 0 spiro atoms. The Morgan fingerprint density at radius 3 is 2.73 bits per heavy atom. The zero-order chi connectivity index (χ0) is 18.4. The summed E-state index contributed by atoms with van der Waals surface area (Å²) in [5.41, 5.74) is 2.07. The molecule has 0 bridgehead atoms. The Hall–Kier alpha value is -2.73. The molecule has 1 aliphatic rings. The number of rotatable bonds is 7. The molecule has 0 unspecified atom stereocenters. The van der Waals surface area contributed by atoms with E-state index >= 15 is 0 Å². The van der Waals surface area contributed by atoms with Gasteiger partial charge >= 0.3 is 5.97 Å². The Kier molecular flexibility index (Phi) is 5.96. The zero-order valence-corrected chi connectivity index (χ0v) is 14.6. The summed E-state index contributed by atoms with van der Waals surface area (Å²) in [7, 11) is 0. The van der Waals surface area contributed by atoms with E-state index in [1.54, 1.807) is 18.3 Å². The van der Waals surface area contributed by atoms with Crippen molar-refractivity contribution in [1.29, 1.82) is 0 Å². The fourth-order valence-corrected chi connectivity index (χ4v) is 3.41. The molecule has 0 saturated carbocycles. The van der Waals surface area contributed by atoms with Gasteiger partial charge in [0.2, 0.25) is 5.91 Å². The van der Waals surface area contributed by atoms with Gasteiger partial charge < -0.3 is 10.4 Å². The molecule has 3 rings (SSSR count). The molecule has 26 heavy (non-hydrogen) atoms. The minimum atomic E-state index is -0.975. The molecule has 2 N–H and O–H groups in total. The summed E-state index contributed by atoms with van der Waals surface area (Å²) < 4.78 is 0. The number of hydrogen-bond donors (Lipinski definition) is 2. The molecule has 1 fully saturated rings. The normalized spacial score (nSPS) is 17.2. The van der Waals surface area contributed by atoms with E-state index in [9.17, 15) is 9.59 Å². The molecule has 1 atom stereocenters. The van der Waals surface area contributed by atoms with Crippen LogP contribution in [0.4, 0.5) is 5.69 Å². The summed E-state index contributed by atoms with van der Waals surface area (Å²) in [5.74, 6) is -1.03. The molecular weight excluding hydrogens is 330 g/mol. The molecule has 2 aromatic rings. The minimum absolute atomic E-state index is 0.0507. The van der Waals surface area contributed by atoms with Crippen LogP contribution in [0.1, 0.15) is 47.6 Å². The van der Waals surface area contributed by atoms with Crippen LogP contribution in [-0.4, -0.2) is 40.0 Å². The first-order chi connectivity index (χ1) is 12.6. The number of benzene rings is 1. The number of likely N-dealkylation sites (tertiary alicyclic amines) is 1. The number of carbonyl (C=O) groups excluding carboxylic acids is 1. The lowest BCUT2D eigenvalue weighted by molar-refractivity contribution is -0.116. The maximum atomic E-state index is 12.1. The minimum Gasteiger partial charge on any atom is -0.478 e. The van der Waals surface area contributed by atoms with Gasteiger partial charge in [-0.25, -0.2) is 4.79 Å². The first-order valence-corrected chi connectivity index (χ1v) is 8.90. The molecule has 2 heterocycles. The highest BCUT2D eigenvalue weighted by atomic mass is 16.4. The van der Waals surface area contributed by atoms with E-state index in [1.165, 1.54) is 24.1 Å². The van der Waals surface area contributed by atoms with Crippen LogP contribution in [0.15, 0.2) is 48.8 Å². The molecule has 1 aliphatic heterocycles. The van der Waals surface area contributed by atoms with Crippen molar-refractivity contribution in [2.24, 2.45) is 0 Å². The van der Waals surface area contributed by atoms with E-state index in [1.807, 2.05) is 12.3 Å². The number of aromatic carboxylic acids is 1. The molecule has 1 amide bonds. The molecule has 6 nitrogen and oxygen atoms in total. The number of carboxylic acids is 1. The summed E-state index contributed by atoms with van der Waals surface area (Å²) in [6.45, 7) is 1.93. The molecule has 136 valence electrons. The number of nitrogens with zero attached hydrogens (tertiary/aromatic N) is 2. The van der Waals surface area contributed by atoms with Gasteiger partial charge in [-0.1, -0.05) is 6.07 Å². The smallest absolute Gasteiger partial charge is 0.335 e. The molecular formula is C20H23N3O3. The van der Waals surface area contributed by atoms with Crippen LogP contribution in [0.25, 0.3) is 0 Å². The number of anilines is 1. The highest BCUT2D eigenvalue weighted by Crippen LogP contribution is 2.31. The van der Waals surface area contributed by atoms with Crippen molar-refractivity contribution in [3.8, 4) is 0 Å². The third kappa shape index (κ3) is 4.67. The number of aromatic nitrogens is 1. The summed E-state index contributed by atoms with van der Waals surface area (Å²) in [4.78, 5) is 29.6. The van der Waals surface area contributed by atoms with E-state index in [-0.39, 0.29) is 11.5 Å². The van der Waals surface area contributed by atoms with Crippen LogP contribution in [0.2, 0.25) is 0 Å². The largest absolute Gasteiger partial charge is 0.478 e. The average molecular weight is 353 g/mol. The van der Waals surface area contributed by atoms with Gasteiger partial charge in [0, 0.05) is 30.5 Å². The van der Waals surface area contributed by atoms with Crippen molar-refractivity contribution in [1.82, 2.24) is 9.88 Å². The van der Waals surface area contributed by atoms with Crippen LogP contribution in [0.5, 0.6) is 0 Å². The van der Waals surface area contributed by atoms with Gasteiger partial charge in [0.05, 0.1) is 5.56 Å². The zero-order valence-electron chi connectivity index (χ0n) is 14.6. The summed E-state index contributed by atoms with van der Waals surface area (Å²) >= 11 is 0. The van der Waals surface area contributed by atoms with Crippen molar-refractivity contribution < 1.29 is 14.7 Å². The highest BCUT2D eigenvalue weighted by molar-refractivity contribution is 5.92. The third-order valence-corrected chi connectivity index (χ3v) is 4.70. The average Bonchev–Trinajstić information content (AvgIpc) is 3.11. The summed E-state index contributed by atoms with van der Waals surface area (Å²) in [6.07, 6.45) is 7.24. The lowest BCUT2D eigenvalue weighted by Crippen LogP contribution is -2.25. The Bertz CT molecular complexity index is 747. The van der Waals surface area contributed by atoms with E-state index in [2.05, 4.69) is 21.3 Å². The van der Waals surface area contributed by atoms with Crippen LogP contribution in [0, 0.1) is 0 Å². The van der Waals surface area contributed by atoms with E-state index < -0.39 is 5.97 Å². The second-order valence-electron chi connectivity index (χ2n) is 6.51. The molecule has 1 aromatic carbocycles. The number of hydrogen-bond acceptors (Lipinski definition) is 4. The summed E-state index contributed by atoms with van der Waals surface area (Å²) in [5, 5.41) is 11.7. The SMILES string of the molecule is O=C(CCCN1CCC[C@H]1c1cccnc1)Nc1ccc(C(=O)O)cc1. The monoisotopic (exact) mass is 353 g/mol. The Morgan fingerprint density at radius 1 is 1.23 bits per heavy atom. The highest BCUT2D eigenvalue weighted by Gasteiger charge is 2.25. The number of pyridine rings is 1. The number of carbonyl (C=O) groups is 2. The topological polar surface area (TPSA) is 82.5 Å². The first-order valence-electron chi connectivity index (χ1n) is 8.90. The van der Waals surface area contributed by atoms with Crippen molar-refractivity contribution in [2.45, 2.75) is 31.7 Å². The molecule has 1 saturated heterocycles. The first kappa shape index (κ1) is 18.1. The van der Waals surface area contributed by atoms with Gasteiger partial charge in [-0.2, -0.15) is 0 Å². The van der Waals surface area contributed by atoms with Gasteiger partial charge in [0.15, 0.2) is 0 Å². The van der Waals surface area contributed by atoms with Crippen LogP contribution in [0.3, 0.4) is 0 Å². The van der Waals surface area contributed by atoms with Crippen molar-refractivity contribution in [3.63, 3.8) is 0 Å². The molecule has 1 aromatic heterocycles. The van der Waals surface area contributed by atoms with Crippen molar-refractivity contribution in [2.75, 3.05) is 18.4 Å². The van der Waals surface area contributed by atoms with Gasteiger partial charge in [-0.05, 0) is 68.2 Å². The second kappa shape index (κ2) is 8.58. The van der Waals surface area contributed by atoms with Gasteiger partial charge in [0.1, 0.15) is 0 Å². The van der Waals surface area contributed by atoms with E-state index in [0.717, 1.165) is 25.9 Å². The Balaban J connectivity index is 1.45. The summed E-state index contributed by atoms with van der Waals surface area (Å²) in [6, 6.07) is 10.7. The second-order valence-corrected chi connectivity index (χ2v) is 6.51. The standard InChI is InChI=1S/C20H23N3O3/c24-19(22-17-9-7-15(8-10-17)20(25)26)6-3-13-23-12-2-5-18(23)16-4-1-11-21-14-16/h1,4,7-11,14,18H,2-3,5-6,12-13H2,(H,22,24)(H,25,26)/t18-/m0/s1. The fraction of sp³-hybridized carbons (Fsp3) is 0.350. The maximum Gasteiger partial charge on any atom is 0.335 e. The van der Waals surface area contributed by atoms with Crippen molar-refractivity contribution >= 4 is 17.6 Å². The van der Waals surface area contributed by atoms with E-state index in [4.69, 9.17) is 5.11 Å². The van der Waals surface area contributed by atoms with Gasteiger partial charge in [-0.15, -0.1) is 0 Å². The van der Waals surface area contributed by atoms with Gasteiger partial charge in [0.25, 0.3) is 0 Å². The molecule has 6 heteroatoms. The third-order valence-electron chi connectivity index (χ3n) is 4.70. The predicted octanol–water partition coefficient (Wildman–Crippen LogP) is 3.34. The van der Waals surface area contributed by atoms with Crippen LogP contribution >= 0.6 is 0 Å². The fourth-order valence-electron chi connectivity index (χ4n) is 3.41. The predicted molar refractivity (Wildman–Crippen MR) is 99.1 cm³/mol. The number of carboxylic acid groups (broad SMARTS) is 1. The van der Waals surface area contributed by atoms with Crippen molar-refractivity contribution in [3.05, 3.63) is 59.9 Å². The van der Waals surface area contributed by atoms with Gasteiger partial charge in [-0.3, -0.25) is 14.7 Å². The Morgan fingerprint density at radius 2 is 2.04 bits per heavy atom. The lowest BCUT2D eigenvalue weighted by Gasteiger charge is -2.24.